The molecule has 2 amide bonds. The lowest BCUT2D eigenvalue weighted by atomic mass is 9.86. The topological polar surface area (TPSA) is 105 Å². The number of carboxylic acids is 1. The van der Waals surface area contributed by atoms with Crippen LogP contribution in [0.4, 0.5) is 11.4 Å². The largest absolute Gasteiger partial charge is 0.497 e. The third kappa shape index (κ3) is 5.43. The van der Waals surface area contributed by atoms with Gasteiger partial charge in [0.2, 0.25) is 0 Å². The molecule has 0 atom stereocenters. The Morgan fingerprint density at radius 2 is 1.32 bits per heavy atom. The second-order valence-electron chi connectivity index (χ2n) is 8.93. The standard InChI is InChI=1S/C27H28N2O5/c1-16-21(26(32)33)14-15-22(28-24(30)18-8-12-20(34-5)13-9-18)23(16)29-25(31)17-6-10-19(11-7-17)27(2,3)4/h6-15H,1-5H3,(H,28,30)(H,29,31)(H,32,33). The van der Waals surface area contributed by atoms with Crippen LogP contribution in [0, 0.1) is 6.92 Å². The third-order valence-electron chi connectivity index (χ3n) is 5.55. The SMILES string of the molecule is COc1ccc(C(=O)Nc2ccc(C(=O)O)c(C)c2NC(=O)c2ccc(C(C)(C)C)cc2)cc1. The Hall–Kier alpha value is -4.13. The van der Waals surface area contributed by atoms with Crippen molar-refractivity contribution >= 4 is 29.2 Å². The maximum atomic E-state index is 13.0. The molecular formula is C27H28N2O5. The van der Waals surface area contributed by atoms with Crippen molar-refractivity contribution in [3.8, 4) is 5.75 Å². The number of amides is 2. The van der Waals surface area contributed by atoms with E-state index in [4.69, 9.17) is 4.74 Å². The van der Waals surface area contributed by atoms with Crippen LogP contribution in [0.15, 0.2) is 60.7 Å². The minimum absolute atomic E-state index is 0.0285. The molecule has 0 aliphatic heterocycles. The Balaban J connectivity index is 1.92. The summed E-state index contributed by atoms with van der Waals surface area (Å²) < 4.78 is 5.11. The molecule has 0 saturated heterocycles. The molecule has 3 aromatic rings. The van der Waals surface area contributed by atoms with Gasteiger partial charge in [0.1, 0.15) is 5.75 Å². The molecule has 0 saturated carbocycles. The van der Waals surface area contributed by atoms with Crippen molar-refractivity contribution in [3.63, 3.8) is 0 Å². The Morgan fingerprint density at radius 1 is 0.794 bits per heavy atom. The van der Waals surface area contributed by atoms with Crippen LogP contribution >= 0.6 is 0 Å². The lowest BCUT2D eigenvalue weighted by Crippen LogP contribution is -2.19. The first-order valence-corrected chi connectivity index (χ1v) is 10.8. The number of carbonyl (C=O) groups is 3. The van der Waals surface area contributed by atoms with E-state index < -0.39 is 17.8 Å². The van der Waals surface area contributed by atoms with Gasteiger partial charge in [0.25, 0.3) is 11.8 Å². The van der Waals surface area contributed by atoms with Gasteiger partial charge in [-0.05, 0) is 72.0 Å². The van der Waals surface area contributed by atoms with Gasteiger partial charge in [0, 0.05) is 11.1 Å². The number of rotatable bonds is 6. The minimum Gasteiger partial charge on any atom is -0.497 e. The number of hydrogen-bond acceptors (Lipinski definition) is 4. The van der Waals surface area contributed by atoms with Crippen molar-refractivity contribution in [1.29, 1.82) is 0 Å². The third-order valence-corrected chi connectivity index (χ3v) is 5.55. The number of carbonyl (C=O) groups excluding carboxylic acids is 2. The van der Waals surface area contributed by atoms with Gasteiger partial charge in [-0.25, -0.2) is 4.79 Å². The summed E-state index contributed by atoms with van der Waals surface area (Å²) in [5, 5.41) is 15.1. The molecule has 34 heavy (non-hydrogen) atoms. The molecule has 0 bridgehead atoms. The van der Waals surface area contributed by atoms with Gasteiger partial charge in [-0.3, -0.25) is 9.59 Å². The summed E-state index contributed by atoms with van der Waals surface area (Å²) in [4.78, 5) is 37.5. The Morgan fingerprint density at radius 3 is 1.82 bits per heavy atom. The van der Waals surface area contributed by atoms with Crippen LogP contribution in [0.1, 0.15) is 63.0 Å². The first kappa shape index (κ1) is 24.5. The Labute approximate surface area is 198 Å². The molecular weight excluding hydrogens is 432 g/mol. The molecule has 0 fully saturated rings. The van der Waals surface area contributed by atoms with Gasteiger partial charge >= 0.3 is 5.97 Å². The highest BCUT2D eigenvalue weighted by molar-refractivity contribution is 6.11. The van der Waals surface area contributed by atoms with Crippen LogP contribution < -0.4 is 15.4 Å². The zero-order chi connectivity index (χ0) is 25.0. The first-order chi connectivity index (χ1) is 16.0. The highest BCUT2D eigenvalue weighted by Crippen LogP contribution is 2.30. The average Bonchev–Trinajstić information content (AvgIpc) is 2.80. The van der Waals surface area contributed by atoms with Crippen molar-refractivity contribution in [2.24, 2.45) is 0 Å². The normalized spacial score (nSPS) is 11.0. The summed E-state index contributed by atoms with van der Waals surface area (Å²) in [5.41, 5.74) is 2.72. The molecule has 3 rings (SSSR count). The van der Waals surface area contributed by atoms with E-state index in [0.29, 0.717) is 28.1 Å². The maximum Gasteiger partial charge on any atom is 0.336 e. The monoisotopic (exact) mass is 460 g/mol. The van der Waals surface area contributed by atoms with Crippen molar-refractivity contribution < 1.29 is 24.2 Å². The van der Waals surface area contributed by atoms with Crippen LogP contribution in [0.5, 0.6) is 5.75 Å². The molecule has 0 heterocycles. The van der Waals surface area contributed by atoms with Crippen LogP contribution in [0.25, 0.3) is 0 Å². The lowest BCUT2D eigenvalue weighted by Gasteiger charge is -2.19. The van der Waals surface area contributed by atoms with E-state index in [2.05, 4.69) is 31.4 Å². The second-order valence-corrected chi connectivity index (χ2v) is 8.93. The van der Waals surface area contributed by atoms with Crippen LogP contribution in [-0.4, -0.2) is 30.0 Å². The predicted molar refractivity (Wildman–Crippen MR) is 132 cm³/mol. The molecule has 7 heteroatoms. The molecule has 0 aliphatic rings. The van der Waals surface area contributed by atoms with Gasteiger partial charge in [0.15, 0.2) is 0 Å². The van der Waals surface area contributed by atoms with E-state index in [0.717, 1.165) is 5.56 Å². The smallest absolute Gasteiger partial charge is 0.336 e. The highest BCUT2D eigenvalue weighted by atomic mass is 16.5. The quantitative estimate of drug-likeness (QED) is 0.450. The average molecular weight is 461 g/mol. The van der Waals surface area contributed by atoms with Crippen molar-refractivity contribution in [2.75, 3.05) is 17.7 Å². The number of hydrogen-bond donors (Lipinski definition) is 3. The van der Waals surface area contributed by atoms with Crippen molar-refractivity contribution in [3.05, 3.63) is 88.5 Å². The predicted octanol–water partition coefficient (Wildman–Crippen LogP) is 5.50. The lowest BCUT2D eigenvalue weighted by molar-refractivity contribution is 0.0695. The Kier molecular flexibility index (Phi) is 7.05. The maximum absolute atomic E-state index is 13.0. The molecule has 176 valence electrons. The summed E-state index contributed by atoms with van der Waals surface area (Å²) in [6.45, 7) is 7.84. The van der Waals surface area contributed by atoms with Crippen LogP contribution in [0.2, 0.25) is 0 Å². The number of anilines is 2. The van der Waals surface area contributed by atoms with Gasteiger partial charge in [0.05, 0.1) is 24.0 Å². The molecule has 3 aromatic carbocycles. The number of carboxylic acid groups (broad SMARTS) is 1. The molecule has 3 N–H and O–H groups in total. The molecule has 0 spiro atoms. The number of nitrogens with one attached hydrogen (secondary N) is 2. The first-order valence-electron chi connectivity index (χ1n) is 10.8. The summed E-state index contributed by atoms with van der Waals surface area (Å²) in [6.07, 6.45) is 0. The molecule has 0 aliphatic carbocycles. The summed E-state index contributed by atoms with van der Waals surface area (Å²) in [6, 6.07) is 16.7. The van der Waals surface area contributed by atoms with E-state index in [9.17, 15) is 19.5 Å². The number of ether oxygens (including phenoxy) is 1. The van der Waals surface area contributed by atoms with Crippen molar-refractivity contribution in [2.45, 2.75) is 33.1 Å². The molecule has 0 unspecified atom stereocenters. The van der Waals surface area contributed by atoms with Gasteiger partial charge in [-0.2, -0.15) is 0 Å². The van der Waals surface area contributed by atoms with Crippen LogP contribution in [0.3, 0.4) is 0 Å². The fourth-order valence-corrected chi connectivity index (χ4v) is 3.45. The molecule has 0 aromatic heterocycles. The van der Waals surface area contributed by atoms with E-state index in [-0.39, 0.29) is 16.7 Å². The zero-order valence-corrected chi connectivity index (χ0v) is 19.9. The fraction of sp³-hybridized carbons (Fsp3) is 0.222. The summed E-state index contributed by atoms with van der Waals surface area (Å²) in [5.74, 6) is -1.33. The van der Waals surface area contributed by atoms with Gasteiger partial charge in [-0.1, -0.05) is 32.9 Å². The van der Waals surface area contributed by atoms with E-state index >= 15 is 0 Å². The fourth-order valence-electron chi connectivity index (χ4n) is 3.45. The van der Waals surface area contributed by atoms with E-state index in [1.165, 1.54) is 19.2 Å². The zero-order valence-electron chi connectivity index (χ0n) is 19.9. The van der Waals surface area contributed by atoms with Gasteiger partial charge < -0.3 is 20.5 Å². The number of aromatic carboxylic acids is 1. The Bertz CT molecular complexity index is 1220. The van der Waals surface area contributed by atoms with Crippen LogP contribution in [-0.2, 0) is 5.41 Å². The van der Waals surface area contributed by atoms with Gasteiger partial charge in [-0.15, -0.1) is 0 Å². The molecule has 0 radical (unpaired) electrons. The summed E-state index contributed by atoms with van der Waals surface area (Å²) >= 11 is 0. The highest BCUT2D eigenvalue weighted by Gasteiger charge is 2.20. The number of benzene rings is 3. The number of methoxy groups -OCH3 is 1. The summed E-state index contributed by atoms with van der Waals surface area (Å²) in [7, 11) is 1.54. The minimum atomic E-state index is -1.13. The van der Waals surface area contributed by atoms with E-state index in [1.54, 1.807) is 43.3 Å². The van der Waals surface area contributed by atoms with Crippen molar-refractivity contribution in [1.82, 2.24) is 0 Å². The molecule has 7 nitrogen and oxygen atoms in total. The second kappa shape index (κ2) is 9.79. The van der Waals surface area contributed by atoms with E-state index in [1.807, 2.05) is 12.1 Å².